The van der Waals surface area contributed by atoms with E-state index < -0.39 is 0 Å². The van der Waals surface area contributed by atoms with E-state index in [-0.39, 0.29) is 11.8 Å². The molecule has 108 valence electrons. The Labute approximate surface area is 126 Å². The van der Waals surface area contributed by atoms with Crippen LogP contribution in [0.5, 0.6) is 0 Å². The second-order valence-electron chi connectivity index (χ2n) is 4.98. The highest BCUT2D eigenvalue weighted by atomic mass is 32.1. The standard InChI is InChI=1S/C15H15N3O2S/c1-9(19)16-15-17-13(8-21-15)12-4-3-11-5-6-18(10(2)20)14(11)7-12/h3-4,7-8H,5-6H2,1-2H3,(H,16,17,19). The number of benzene rings is 1. The number of amides is 2. The number of rotatable bonds is 2. The number of hydrogen-bond acceptors (Lipinski definition) is 4. The van der Waals surface area contributed by atoms with Gasteiger partial charge in [0.15, 0.2) is 5.13 Å². The fraction of sp³-hybridized carbons (Fsp3) is 0.267. The molecule has 1 aromatic carbocycles. The van der Waals surface area contributed by atoms with E-state index in [0.29, 0.717) is 5.13 Å². The van der Waals surface area contributed by atoms with Gasteiger partial charge in [0.25, 0.3) is 0 Å². The highest BCUT2D eigenvalue weighted by Crippen LogP contribution is 2.33. The average molecular weight is 301 g/mol. The molecule has 0 spiro atoms. The van der Waals surface area contributed by atoms with E-state index in [4.69, 9.17) is 0 Å². The molecule has 1 aliphatic heterocycles. The minimum atomic E-state index is -0.132. The number of carbonyl (C=O) groups excluding carboxylic acids is 2. The Morgan fingerprint density at radius 2 is 2.14 bits per heavy atom. The predicted molar refractivity (Wildman–Crippen MR) is 83.6 cm³/mol. The summed E-state index contributed by atoms with van der Waals surface area (Å²) in [4.78, 5) is 28.9. The van der Waals surface area contributed by atoms with Crippen LogP contribution in [0.25, 0.3) is 11.3 Å². The summed E-state index contributed by atoms with van der Waals surface area (Å²) in [6, 6.07) is 6.05. The second-order valence-corrected chi connectivity index (χ2v) is 5.84. The Bertz CT molecular complexity index is 723. The Hall–Kier alpha value is -2.21. The zero-order valence-corrected chi connectivity index (χ0v) is 12.7. The number of thiazole rings is 1. The lowest BCUT2D eigenvalue weighted by molar-refractivity contribution is -0.116. The van der Waals surface area contributed by atoms with Gasteiger partial charge in [0, 0.05) is 37.0 Å². The first-order valence-corrected chi connectivity index (χ1v) is 7.57. The first kappa shape index (κ1) is 13.8. The minimum Gasteiger partial charge on any atom is -0.312 e. The molecule has 6 heteroatoms. The highest BCUT2D eigenvalue weighted by molar-refractivity contribution is 7.14. The number of nitrogens with one attached hydrogen (secondary N) is 1. The molecule has 2 heterocycles. The van der Waals surface area contributed by atoms with Gasteiger partial charge in [-0.1, -0.05) is 12.1 Å². The molecule has 1 N–H and O–H groups in total. The smallest absolute Gasteiger partial charge is 0.223 e. The number of nitrogens with zero attached hydrogens (tertiary/aromatic N) is 2. The Kier molecular flexibility index (Phi) is 3.47. The van der Waals surface area contributed by atoms with Crippen molar-refractivity contribution in [2.75, 3.05) is 16.8 Å². The summed E-state index contributed by atoms with van der Waals surface area (Å²) in [6.45, 7) is 3.78. The van der Waals surface area contributed by atoms with Gasteiger partial charge in [0.1, 0.15) is 0 Å². The molecule has 0 saturated carbocycles. The van der Waals surface area contributed by atoms with Gasteiger partial charge in [-0.3, -0.25) is 9.59 Å². The first-order chi connectivity index (χ1) is 10.0. The van der Waals surface area contributed by atoms with Gasteiger partial charge in [-0.05, 0) is 18.1 Å². The van der Waals surface area contributed by atoms with Crippen molar-refractivity contribution in [2.24, 2.45) is 0 Å². The van der Waals surface area contributed by atoms with E-state index in [2.05, 4.69) is 10.3 Å². The van der Waals surface area contributed by atoms with Gasteiger partial charge in [-0.25, -0.2) is 4.98 Å². The number of fused-ring (bicyclic) bond motifs is 1. The third kappa shape index (κ3) is 2.67. The van der Waals surface area contributed by atoms with Crippen molar-refractivity contribution in [3.8, 4) is 11.3 Å². The molecule has 2 amide bonds. The van der Waals surface area contributed by atoms with Gasteiger partial charge in [0.05, 0.1) is 5.69 Å². The van der Waals surface area contributed by atoms with E-state index in [1.54, 1.807) is 11.8 Å². The molecule has 3 rings (SSSR count). The minimum absolute atomic E-state index is 0.0584. The maximum absolute atomic E-state index is 11.6. The summed E-state index contributed by atoms with van der Waals surface area (Å²) < 4.78 is 0. The molecular formula is C15H15N3O2S. The lowest BCUT2D eigenvalue weighted by Gasteiger charge is -2.15. The van der Waals surface area contributed by atoms with Crippen LogP contribution in [-0.4, -0.2) is 23.3 Å². The maximum atomic E-state index is 11.6. The van der Waals surface area contributed by atoms with Crippen molar-refractivity contribution in [3.05, 3.63) is 29.1 Å². The first-order valence-electron chi connectivity index (χ1n) is 6.69. The lowest BCUT2D eigenvalue weighted by atomic mass is 10.1. The Morgan fingerprint density at radius 1 is 1.33 bits per heavy atom. The molecule has 0 radical (unpaired) electrons. The van der Waals surface area contributed by atoms with Crippen LogP contribution in [0.3, 0.4) is 0 Å². The molecular weight excluding hydrogens is 286 g/mol. The Balaban J connectivity index is 1.93. The van der Waals surface area contributed by atoms with Crippen molar-refractivity contribution in [3.63, 3.8) is 0 Å². The SMILES string of the molecule is CC(=O)Nc1nc(-c2ccc3c(c2)N(C(C)=O)CC3)cs1. The van der Waals surface area contributed by atoms with Gasteiger partial charge in [-0.2, -0.15) is 0 Å². The molecule has 5 nitrogen and oxygen atoms in total. The van der Waals surface area contributed by atoms with Crippen LogP contribution in [0.4, 0.5) is 10.8 Å². The fourth-order valence-corrected chi connectivity index (χ4v) is 3.25. The summed E-state index contributed by atoms with van der Waals surface area (Å²) in [6.07, 6.45) is 0.892. The monoisotopic (exact) mass is 301 g/mol. The van der Waals surface area contributed by atoms with E-state index in [1.807, 2.05) is 23.6 Å². The summed E-state index contributed by atoms with van der Waals surface area (Å²) in [5.74, 6) is -0.0734. The van der Waals surface area contributed by atoms with Crippen molar-refractivity contribution in [1.82, 2.24) is 4.98 Å². The zero-order chi connectivity index (χ0) is 15.0. The highest BCUT2D eigenvalue weighted by Gasteiger charge is 2.22. The third-order valence-electron chi connectivity index (χ3n) is 3.44. The molecule has 21 heavy (non-hydrogen) atoms. The molecule has 0 atom stereocenters. The molecule has 0 aliphatic carbocycles. The molecule has 2 aromatic rings. The van der Waals surface area contributed by atoms with Crippen LogP contribution in [0, 0.1) is 0 Å². The van der Waals surface area contributed by atoms with Gasteiger partial charge >= 0.3 is 0 Å². The van der Waals surface area contributed by atoms with E-state index in [0.717, 1.165) is 29.9 Å². The van der Waals surface area contributed by atoms with E-state index >= 15 is 0 Å². The summed E-state index contributed by atoms with van der Waals surface area (Å²) in [7, 11) is 0. The number of carbonyl (C=O) groups is 2. The molecule has 0 saturated heterocycles. The maximum Gasteiger partial charge on any atom is 0.223 e. The van der Waals surface area contributed by atoms with Crippen molar-refractivity contribution in [2.45, 2.75) is 20.3 Å². The largest absolute Gasteiger partial charge is 0.312 e. The van der Waals surface area contributed by atoms with Crippen molar-refractivity contribution < 1.29 is 9.59 Å². The molecule has 1 aromatic heterocycles. The average Bonchev–Trinajstić information content (AvgIpc) is 3.03. The zero-order valence-electron chi connectivity index (χ0n) is 11.8. The molecule has 0 fully saturated rings. The van der Waals surface area contributed by atoms with Crippen molar-refractivity contribution in [1.29, 1.82) is 0 Å². The van der Waals surface area contributed by atoms with Crippen LogP contribution in [0.1, 0.15) is 19.4 Å². The van der Waals surface area contributed by atoms with Gasteiger partial charge < -0.3 is 10.2 Å². The van der Waals surface area contributed by atoms with Crippen LogP contribution in [-0.2, 0) is 16.0 Å². The normalized spacial score (nSPS) is 13.1. The van der Waals surface area contributed by atoms with Gasteiger partial charge in [0.2, 0.25) is 11.8 Å². The van der Waals surface area contributed by atoms with Crippen LogP contribution in [0.15, 0.2) is 23.6 Å². The quantitative estimate of drug-likeness (QED) is 0.927. The van der Waals surface area contributed by atoms with Gasteiger partial charge in [-0.15, -0.1) is 11.3 Å². The summed E-state index contributed by atoms with van der Waals surface area (Å²) in [5.41, 5.74) is 3.91. The fourth-order valence-electron chi connectivity index (χ4n) is 2.48. The lowest BCUT2D eigenvalue weighted by Crippen LogP contribution is -2.25. The second kappa shape index (κ2) is 5.29. The number of anilines is 2. The van der Waals surface area contributed by atoms with E-state index in [1.165, 1.54) is 23.8 Å². The summed E-state index contributed by atoms with van der Waals surface area (Å²) in [5, 5.41) is 5.17. The molecule has 1 aliphatic rings. The van der Waals surface area contributed by atoms with Crippen LogP contribution < -0.4 is 10.2 Å². The van der Waals surface area contributed by atoms with E-state index in [9.17, 15) is 9.59 Å². The van der Waals surface area contributed by atoms with Crippen molar-refractivity contribution >= 4 is 34.0 Å². The number of hydrogen-bond donors (Lipinski definition) is 1. The predicted octanol–water partition coefficient (Wildman–Crippen LogP) is 2.68. The molecule has 0 bridgehead atoms. The molecule has 0 unspecified atom stereocenters. The number of aromatic nitrogens is 1. The Morgan fingerprint density at radius 3 is 2.86 bits per heavy atom. The topological polar surface area (TPSA) is 62.3 Å². The third-order valence-corrected chi connectivity index (χ3v) is 4.20. The summed E-state index contributed by atoms with van der Waals surface area (Å²) >= 11 is 1.39. The van der Waals surface area contributed by atoms with Crippen LogP contribution >= 0.6 is 11.3 Å². The van der Waals surface area contributed by atoms with Crippen LogP contribution in [0.2, 0.25) is 0 Å².